The standard InChI is InChI=1S/C55H89ClN14O17/c1-3-5-6-7-8-9-10-11-15-19-32(72)27-41(74)62-39-30-87-54(86)42(40(73)28-56)69-52(83)43(44(75)53(84)85)70-45(76)33(4-2)63-49(80)37(26-31-17-13-12-14-18-31)67-46(77)34(20-16-25-61-55(59)60)64-47(78)35(21-23-57)65-48(79)36(22-24-58)66-50(81)38(29-71)68-51(39)82/h4,12-14,17-18,32,34-40,42-44,71-73,75H,3,5-11,15-16,19-30,57-58H2,1-2H3,(H,62,74)(H,63,80)(H,64,78)(H,65,79)(H,66,81)(H,67,77)(H,68,82)(H,69,83)(H,70,76)(H,84,85)(H4,59,60,61)/b33-4-. The summed E-state index contributed by atoms with van der Waals surface area (Å²) in [6.45, 7) is 0.465. The molecule has 0 saturated carbocycles. The lowest BCUT2D eigenvalue weighted by molar-refractivity contribution is -0.155. The largest absolute Gasteiger partial charge is 0.479 e. The zero-order chi connectivity index (χ0) is 65.0. The number of hydrogen-bond acceptors (Lipinski definition) is 19. The summed E-state index contributed by atoms with van der Waals surface area (Å²) in [6, 6.07) is -6.93. The smallest absolute Gasteiger partial charge is 0.335 e. The van der Waals surface area contributed by atoms with Gasteiger partial charge in [-0.3, -0.25) is 48.1 Å². The molecule has 1 heterocycles. The highest BCUT2D eigenvalue weighted by Crippen LogP contribution is 2.14. The maximum atomic E-state index is 14.4. The van der Waals surface area contributed by atoms with Crippen LogP contribution in [0.25, 0.3) is 0 Å². The van der Waals surface area contributed by atoms with E-state index in [0.717, 1.165) is 57.4 Å². The van der Waals surface area contributed by atoms with Crippen molar-refractivity contribution in [3.05, 3.63) is 47.7 Å². The van der Waals surface area contributed by atoms with Crippen molar-refractivity contribution < 1.29 is 83.0 Å². The Balaban J connectivity index is 2.77. The number of aliphatic carboxylic acids is 1. The third kappa shape index (κ3) is 28.2. The molecule has 22 N–H and O–H groups in total. The average Bonchev–Trinajstić information content (AvgIpc) is 2.80. The number of nitrogens with two attached hydrogens (primary N) is 4. The van der Waals surface area contributed by atoms with Crippen molar-refractivity contribution in [1.82, 2.24) is 47.9 Å². The van der Waals surface area contributed by atoms with Crippen molar-refractivity contribution in [1.29, 1.82) is 0 Å². The fraction of sp³-hybridized carbons (Fsp3) is 0.636. The van der Waals surface area contributed by atoms with Crippen LogP contribution in [0.4, 0.5) is 0 Å². The van der Waals surface area contributed by atoms with E-state index in [1.165, 1.54) is 6.92 Å². The number of allylic oxidation sites excluding steroid dienone is 1. The van der Waals surface area contributed by atoms with Crippen molar-refractivity contribution in [2.45, 2.75) is 183 Å². The van der Waals surface area contributed by atoms with Crippen LogP contribution in [-0.4, -0.2) is 202 Å². The van der Waals surface area contributed by atoms with E-state index in [9.17, 15) is 78.3 Å². The monoisotopic (exact) mass is 1250 g/mol. The highest BCUT2D eigenvalue weighted by molar-refractivity contribution is 6.18. The van der Waals surface area contributed by atoms with Crippen LogP contribution in [0.5, 0.6) is 0 Å². The first-order valence-corrected chi connectivity index (χ1v) is 29.5. The highest BCUT2D eigenvalue weighted by Gasteiger charge is 2.40. The van der Waals surface area contributed by atoms with Crippen LogP contribution in [0.15, 0.2) is 47.1 Å². The first-order valence-electron chi connectivity index (χ1n) is 28.9. The number of cyclic esters (lactones) is 1. The number of guanidine groups is 1. The lowest BCUT2D eigenvalue weighted by Gasteiger charge is -2.28. The van der Waals surface area contributed by atoms with Crippen LogP contribution < -0.4 is 70.8 Å². The number of aliphatic hydroxyl groups is 4. The molecule has 9 amide bonds. The number of carbonyl (C=O) groups is 11. The van der Waals surface area contributed by atoms with Crippen molar-refractivity contribution in [3.8, 4) is 0 Å². The Bertz CT molecular complexity index is 2480. The van der Waals surface area contributed by atoms with Crippen molar-refractivity contribution in [2.24, 2.45) is 27.9 Å². The number of benzene rings is 1. The van der Waals surface area contributed by atoms with Gasteiger partial charge in [-0.2, -0.15) is 0 Å². The second-order valence-corrected chi connectivity index (χ2v) is 20.9. The van der Waals surface area contributed by atoms with E-state index < -0.39 is 163 Å². The first-order chi connectivity index (χ1) is 41.4. The van der Waals surface area contributed by atoms with Gasteiger partial charge in [0.1, 0.15) is 54.6 Å². The number of amides is 9. The Kier molecular flexibility index (Phi) is 36.1. The Morgan fingerprint density at radius 3 is 1.74 bits per heavy atom. The number of rotatable bonds is 28. The van der Waals surface area contributed by atoms with Gasteiger partial charge >= 0.3 is 11.9 Å². The number of halogens is 1. The Hall–Kier alpha value is -7.55. The van der Waals surface area contributed by atoms with E-state index in [1.807, 2.05) is 10.6 Å². The number of carbonyl (C=O) groups excluding carboxylic acids is 10. The molecule has 1 aromatic rings. The number of nitrogens with zero attached hydrogens (tertiary/aromatic N) is 1. The molecule has 0 radical (unpaired) electrons. The molecule has 32 heteroatoms. The van der Waals surface area contributed by atoms with Crippen LogP contribution in [0.2, 0.25) is 0 Å². The summed E-state index contributed by atoms with van der Waals surface area (Å²) in [5, 5.41) is 73.3. The summed E-state index contributed by atoms with van der Waals surface area (Å²) >= 11 is 5.89. The molecule has 1 aliphatic heterocycles. The number of unbranched alkanes of at least 4 members (excludes halogenated alkanes) is 8. The lowest BCUT2D eigenvalue weighted by atomic mass is 10.0. The van der Waals surface area contributed by atoms with Crippen LogP contribution in [0.3, 0.4) is 0 Å². The molecular formula is C55H89ClN14O17. The molecule has 11 unspecified atom stereocenters. The zero-order valence-electron chi connectivity index (χ0n) is 49.1. The molecule has 31 nitrogen and oxygen atoms in total. The summed E-state index contributed by atoms with van der Waals surface area (Å²) in [4.78, 5) is 156. The van der Waals surface area contributed by atoms with E-state index in [4.69, 9.17) is 39.3 Å². The minimum absolute atomic E-state index is 0.0369. The maximum Gasteiger partial charge on any atom is 0.335 e. The van der Waals surface area contributed by atoms with Gasteiger partial charge in [-0.1, -0.05) is 101 Å². The first kappa shape index (κ1) is 75.5. The van der Waals surface area contributed by atoms with Gasteiger partial charge in [-0.25, -0.2) is 9.59 Å². The minimum Gasteiger partial charge on any atom is -0.479 e. The van der Waals surface area contributed by atoms with Gasteiger partial charge in [0.2, 0.25) is 47.3 Å². The maximum absolute atomic E-state index is 14.4. The van der Waals surface area contributed by atoms with E-state index in [0.29, 0.717) is 12.0 Å². The predicted molar refractivity (Wildman–Crippen MR) is 316 cm³/mol. The molecule has 0 bridgehead atoms. The van der Waals surface area contributed by atoms with Crippen LogP contribution >= 0.6 is 11.6 Å². The fourth-order valence-corrected chi connectivity index (χ4v) is 8.91. The molecular weight excluding hydrogens is 1160 g/mol. The molecule has 1 saturated heterocycles. The van der Waals surface area contributed by atoms with E-state index >= 15 is 0 Å². The summed E-state index contributed by atoms with van der Waals surface area (Å²) in [5.41, 5.74) is 22.5. The third-order valence-corrected chi connectivity index (χ3v) is 13.9. The predicted octanol–water partition coefficient (Wildman–Crippen LogP) is -4.86. The van der Waals surface area contributed by atoms with E-state index in [1.54, 1.807) is 30.3 Å². The average molecular weight is 1250 g/mol. The minimum atomic E-state index is -2.81. The molecule has 1 aliphatic rings. The molecule has 1 aromatic carbocycles. The summed E-state index contributed by atoms with van der Waals surface area (Å²) in [7, 11) is 0. The van der Waals surface area contributed by atoms with Crippen LogP contribution in [0, 0.1) is 0 Å². The molecule has 0 aliphatic carbocycles. The molecule has 1 fully saturated rings. The quantitative estimate of drug-likeness (QED) is 0.00934. The van der Waals surface area contributed by atoms with Crippen molar-refractivity contribution in [2.75, 3.05) is 38.7 Å². The number of carboxylic acid groups (broad SMARTS) is 1. The topological polar surface area (TPSA) is 523 Å². The van der Waals surface area contributed by atoms with Gasteiger partial charge in [0.05, 0.1) is 31.1 Å². The molecule has 0 spiro atoms. The van der Waals surface area contributed by atoms with E-state index in [2.05, 4.69) is 49.1 Å². The van der Waals surface area contributed by atoms with E-state index in [-0.39, 0.29) is 64.1 Å². The molecule has 11 atom stereocenters. The fourth-order valence-electron chi connectivity index (χ4n) is 8.73. The molecule has 0 aromatic heterocycles. The van der Waals surface area contributed by atoms with Gasteiger partial charge in [0.15, 0.2) is 18.1 Å². The number of aliphatic hydroxyl groups excluding tert-OH is 4. The van der Waals surface area contributed by atoms with Crippen LogP contribution in [0.1, 0.15) is 116 Å². The van der Waals surface area contributed by atoms with Crippen molar-refractivity contribution in [3.63, 3.8) is 0 Å². The van der Waals surface area contributed by atoms with Gasteiger partial charge in [0, 0.05) is 13.0 Å². The number of carboxylic acids is 1. The molecule has 2 rings (SSSR count). The summed E-state index contributed by atoms with van der Waals surface area (Å²) < 4.78 is 5.29. The number of esters is 1. The summed E-state index contributed by atoms with van der Waals surface area (Å²) in [5.74, 6) is -15.6. The summed E-state index contributed by atoms with van der Waals surface area (Å²) in [6.07, 6.45) is 2.27. The SMILES string of the molecule is C/C=C1\NC(=O)C(Cc2ccccc2)NC(=O)C(CCCN=C(N)N)NC(=O)C(CCN)NC(=O)C(CCN)NC(=O)C(CO)NC(=O)C(NC(=O)CC(O)CCCCCCCCCCC)COC(=O)C(C(O)CCl)NC(=O)C(C(O)C(=O)O)NC1=O. The Morgan fingerprint density at radius 2 is 1.22 bits per heavy atom. The van der Waals surface area contributed by atoms with Crippen LogP contribution in [-0.2, 0) is 63.9 Å². The Labute approximate surface area is 509 Å². The second kappa shape index (κ2) is 41.5. The Morgan fingerprint density at radius 1 is 0.690 bits per heavy atom. The van der Waals surface area contributed by atoms with Crippen molar-refractivity contribution >= 4 is 82.7 Å². The van der Waals surface area contributed by atoms with Gasteiger partial charge in [0.25, 0.3) is 5.91 Å². The van der Waals surface area contributed by atoms with Gasteiger partial charge in [-0.15, -0.1) is 11.6 Å². The number of aliphatic imine (C=N–C) groups is 1. The number of alkyl halides is 1. The van der Waals surface area contributed by atoms with Gasteiger partial charge in [-0.05, 0) is 57.7 Å². The number of ether oxygens (including phenoxy) is 1. The lowest BCUT2D eigenvalue weighted by Crippen LogP contribution is -2.62. The van der Waals surface area contributed by atoms with Gasteiger partial charge < -0.3 is 101 Å². The zero-order valence-corrected chi connectivity index (χ0v) is 49.9. The normalized spacial score (nSPS) is 23.5. The molecule has 87 heavy (non-hydrogen) atoms. The third-order valence-electron chi connectivity index (χ3n) is 13.6. The molecule has 488 valence electrons. The highest BCUT2D eigenvalue weighted by atomic mass is 35.5. The number of hydrogen-bond donors (Lipinski definition) is 18. The second-order valence-electron chi connectivity index (χ2n) is 20.6. The number of nitrogens with one attached hydrogen (secondary N) is 9.